The Bertz CT molecular complexity index is 1480. The molecule has 1 aliphatic carbocycles. The van der Waals surface area contributed by atoms with Crippen molar-refractivity contribution in [2.45, 2.75) is 44.4 Å². The number of amides is 1. The molecule has 4 aromatic rings. The molecular formula is C33H38N2O4S. The standard InChI is InChI=1S/C33H38N2O4S/c1-37-13-14-39-21-23-15-22(16-26(17-23)38-2)20-35(25-8-9-25)33(36)30-19-34-12-11-27(30)24-7-10-32-29(18-24)28-5-3-4-6-31(28)40-32/h3-7,10,15-18,25,27,30,34H,8-9,11-14,19-21H2,1-2H3/t27-,30+/m1/s1. The summed E-state index contributed by atoms with van der Waals surface area (Å²) in [4.78, 5) is 16.4. The molecule has 1 N–H and O–H groups in total. The highest BCUT2D eigenvalue weighted by Gasteiger charge is 2.40. The van der Waals surface area contributed by atoms with Crippen LogP contribution in [0.25, 0.3) is 20.2 Å². The molecule has 7 heteroatoms. The summed E-state index contributed by atoms with van der Waals surface area (Å²) in [5, 5.41) is 6.13. The summed E-state index contributed by atoms with van der Waals surface area (Å²) >= 11 is 1.84. The number of carbonyl (C=O) groups is 1. The Morgan fingerprint density at radius 1 is 0.950 bits per heavy atom. The van der Waals surface area contributed by atoms with Gasteiger partial charge in [0.05, 0.1) is 32.8 Å². The number of hydrogen-bond donors (Lipinski definition) is 1. The summed E-state index contributed by atoms with van der Waals surface area (Å²) < 4.78 is 19.1. The van der Waals surface area contributed by atoms with E-state index in [-0.39, 0.29) is 17.7 Å². The van der Waals surface area contributed by atoms with Crippen LogP contribution in [0, 0.1) is 5.92 Å². The van der Waals surface area contributed by atoms with Crippen LogP contribution in [-0.2, 0) is 27.4 Å². The molecule has 6 rings (SSSR count). The number of rotatable bonds is 11. The Morgan fingerprint density at radius 2 is 1.77 bits per heavy atom. The lowest BCUT2D eigenvalue weighted by Gasteiger charge is -2.36. The van der Waals surface area contributed by atoms with Crippen molar-refractivity contribution in [2.75, 3.05) is 40.5 Å². The summed E-state index contributed by atoms with van der Waals surface area (Å²) in [6.07, 6.45) is 3.10. The molecule has 1 saturated heterocycles. The van der Waals surface area contributed by atoms with Crippen molar-refractivity contribution in [3.8, 4) is 5.75 Å². The molecule has 1 amide bonds. The van der Waals surface area contributed by atoms with Crippen molar-refractivity contribution in [3.63, 3.8) is 0 Å². The van der Waals surface area contributed by atoms with E-state index in [1.165, 1.54) is 25.7 Å². The lowest BCUT2D eigenvalue weighted by Crippen LogP contribution is -2.47. The van der Waals surface area contributed by atoms with E-state index in [2.05, 4.69) is 58.7 Å². The van der Waals surface area contributed by atoms with E-state index in [0.29, 0.717) is 39.0 Å². The highest BCUT2D eigenvalue weighted by molar-refractivity contribution is 7.25. The van der Waals surface area contributed by atoms with Crippen molar-refractivity contribution >= 4 is 37.4 Å². The second-order valence-electron chi connectivity index (χ2n) is 11.0. The van der Waals surface area contributed by atoms with Crippen LogP contribution in [0.4, 0.5) is 0 Å². The molecule has 0 bridgehead atoms. The molecule has 210 valence electrons. The first-order valence-electron chi connectivity index (χ1n) is 14.3. The SMILES string of the molecule is COCCOCc1cc(CN(C(=O)[C@H]2CNCC[C@@H]2c2ccc3sc4ccccc4c3c2)C2CC2)cc(OC)c1. The molecular weight excluding hydrogens is 520 g/mol. The number of nitrogens with zero attached hydrogens (tertiary/aromatic N) is 1. The molecule has 6 nitrogen and oxygen atoms in total. The van der Waals surface area contributed by atoms with Crippen LogP contribution in [0.1, 0.15) is 41.9 Å². The number of hydrogen-bond acceptors (Lipinski definition) is 6. The van der Waals surface area contributed by atoms with Gasteiger partial charge in [0.2, 0.25) is 5.91 Å². The lowest BCUT2D eigenvalue weighted by atomic mass is 9.80. The van der Waals surface area contributed by atoms with E-state index in [9.17, 15) is 4.79 Å². The minimum Gasteiger partial charge on any atom is -0.497 e. The zero-order valence-electron chi connectivity index (χ0n) is 23.4. The molecule has 3 aromatic carbocycles. The summed E-state index contributed by atoms with van der Waals surface area (Å²) in [6, 6.07) is 22.0. The molecule has 40 heavy (non-hydrogen) atoms. The van der Waals surface area contributed by atoms with E-state index in [4.69, 9.17) is 14.2 Å². The van der Waals surface area contributed by atoms with Crippen molar-refractivity contribution in [3.05, 3.63) is 77.4 Å². The normalized spacial score (nSPS) is 19.2. The van der Waals surface area contributed by atoms with Gasteiger partial charge in [0.15, 0.2) is 0 Å². The smallest absolute Gasteiger partial charge is 0.228 e. The summed E-state index contributed by atoms with van der Waals surface area (Å²) in [5.74, 6) is 1.17. The molecule has 2 fully saturated rings. The van der Waals surface area contributed by atoms with E-state index in [1.54, 1.807) is 14.2 Å². The van der Waals surface area contributed by atoms with E-state index >= 15 is 0 Å². The number of ether oxygens (including phenoxy) is 3. The lowest BCUT2D eigenvalue weighted by molar-refractivity contribution is -0.138. The Labute approximate surface area is 240 Å². The maximum atomic E-state index is 14.3. The van der Waals surface area contributed by atoms with Gasteiger partial charge < -0.3 is 24.4 Å². The van der Waals surface area contributed by atoms with Crippen molar-refractivity contribution in [1.82, 2.24) is 10.2 Å². The van der Waals surface area contributed by atoms with E-state index < -0.39 is 0 Å². The molecule has 1 aliphatic heterocycles. The van der Waals surface area contributed by atoms with Gasteiger partial charge in [-0.15, -0.1) is 11.3 Å². The van der Waals surface area contributed by atoms with Crippen LogP contribution >= 0.6 is 11.3 Å². The van der Waals surface area contributed by atoms with Crippen LogP contribution in [0.3, 0.4) is 0 Å². The monoisotopic (exact) mass is 558 g/mol. The highest BCUT2D eigenvalue weighted by Crippen LogP contribution is 2.40. The van der Waals surface area contributed by atoms with Crippen LogP contribution in [0.5, 0.6) is 5.75 Å². The molecule has 0 radical (unpaired) electrons. The van der Waals surface area contributed by atoms with Gasteiger partial charge in [0.1, 0.15) is 5.75 Å². The molecule has 0 unspecified atom stereocenters. The fourth-order valence-electron chi connectivity index (χ4n) is 6.03. The molecule has 1 aromatic heterocycles. The molecule has 1 saturated carbocycles. The Kier molecular flexibility index (Phi) is 8.35. The number of methoxy groups -OCH3 is 2. The summed E-state index contributed by atoms with van der Waals surface area (Å²) in [7, 11) is 3.36. The third-order valence-electron chi connectivity index (χ3n) is 8.21. The van der Waals surface area contributed by atoms with Gasteiger partial charge in [-0.1, -0.05) is 30.3 Å². The average Bonchev–Trinajstić information content (AvgIpc) is 3.77. The van der Waals surface area contributed by atoms with Gasteiger partial charge in [0, 0.05) is 46.4 Å². The maximum absolute atomic E-state index is 14.3. The summed E-state index contributed by atoms with van der Waals surface area (Å²) in [5.41, 5.74) is 3.40. The second-order valence-corrected chi connectivity index (χ2v) is 12.1. The molecule has 2 atom stereocenters. The van der Waals surface area contributed by atoms with Crippen LogP contribution < -0.4 is 10.1 Å². The Morgan fingerprint density at radius 3 is 2.60 bits per heavy atom. The van der Waals surface area contributed by atoms with Crippen molar-refractivity contribution in [1.29, 1.82) is 0 Å². The minimum absolute atomic E-state index is 0.0841. The number of thiophene rings is 1. The topological polar surface area (TPSA) is 60.0 Å². The molecule has 0 spiro atoms. The predicted molar refractivity (Wildman–Crippen MR) is 161 cm³/mol. The summed E-state index contributed by atoms with van der Waals surface area (Å²) in [6.45, 7) is 3.82. The number of nitrogens with one attached hydrogen (secondary N) is 1. The zero-order chi connectivity index (χ0) is 27.5. The fraction of sp³-hybridized carbons (Fsp3) is 0.424. The molecule has 2 heterocycles. The van der Waals surface area contributed by atoms with Gasteiger partial charge >= 0.3 is 0 Å². The third-order valence-corrected chi connectivity index (χ3v) is 9.37. The fourth-order valence-corrected chi connectivity index (χ4v) is 7.11. The van der Waals surface area contributed by atoms with E-state index in [1.807, 2.05) is 23.5 Å². The van der Waals surface area contributed by atoms with Crippen LogP contribution in [-0.4, -0.2) is 57.4 Å². The second kappa shape index (κ2) is 12.3. The minimum atomic E-state index is -0.0841. The highest BCUT2D eigenvalue weighted by atomic mass is 32.1. The van der Waals surface area contributed by atoms with E-state index in [0.717, 1.165) is 42.7 Å². The van der Waals surface area contributed by atoms with Gasteiger partial charge in [-0.3, -0.25) is 4.79 Å². The maximum Gasteiger partial charge on any atom is 0.228 e. The predicted octanol–water partition coefficient (Wildman–Crippen LogP) is 6.11. The molecule has 2 aliphatic rings. The Hall–Kier alpha value is -2.97. The first-order valence-corrected chi connectivity index (χ1v) is 15.1. The van der Waals surface area contributed by atoms with Gasteiger partial charge in [-0.05, 0) is 78.7 Å². The number of benzene rings is 3. The zero-order valence-corrected chi connectivity index (χ0v) is 24.2. The first-order chi connectivity index (χ1) is 19.6. The van der Waals surface area contributed by atoms with Gasteiger partial charge in [-0.25, -0.2) is 0 Å². The largest absolute Gasteiger partial charge is 0.497 e. The number of fused-ring (bicyclic) bond motifs is 3. The van der Waals surface area contributed by atoms with Gasteiger partial charge in [0.25, 0.3) is 0 Å². The number of carbonyl (C=O) groups excluding carboxylic acids is 1. The van der Waals surface area contributed by atoms with Crippen LogP contribution in [0.15, 0.2) is 60.7 Å². The first kappa shape index (κ1) is 27.2. The Balaban J connectivity index is 1.25. The van der Waals surface area contributed by atoms with Crippen LogP contribution in [0.2, 0.25) is 0 Å². The van der Waals surface area contributed by atoms with Gasteiger partial charge in [-0.2, -0.15) is 0 Å². The average molecular weight is 559 g/mol. The van der Waals surface area contributed by atoms with Crippen molar-refractivity contribution in [2.24, 2.45) is 5.92 Å². The van der Waals surface area contributed by atoms with Crippen molar-refractivity contribution < 1.29 is 19.0 Å². The quantitative estimate of drug-likeness (QED) is 0.225. The third kappa shape index (κ3) is 5.88. The number of piperidine rings is 1.